The highest BCUT2D eigenvalue weighted by molar-refractivity contribution is 5.68. The number of amides is 1. The van der Waals surface area contributed by atoms with Crippen LogP contribution in [0.5, 0.6) is 0 Å². The number of aldehydes is 1. The Bertz CT molecular complexity index is 394. The third-order valence-corrected chi connectivity index (χ3v) is 4.43. The molecule has 0 spiro atoms. The van der Waals surface area contributed by atoms with E-state index in [0.717, 1.165) is 45.1 Å². The van der Waals surface area contributed by atoms with Crippen LogP contribution in [0.25, 0.3) is 0 Å². The van der Waals surface area contributed by atoms with E-state index in [-0.39, 0.29) is 24.2 Å². The van der Waals surface area contributed by atoms with E-state index in [2.05, 4.69) is 5.32 Å². The van der Waals surface area contributed by atoms with Crippen molar-refractivity contribution >= 4 is 12.4 Å². The number of piperidine rings is 2. The first-order valence-corrected chi connectivity index (χ1v) is 8.68. The molecule has 0 aromatic rings. The summed E-state index contributed by atoms with van der Waals surface area (Å²) in [6.07, 6.45) is 3.99. The topological polar surface area (TPSA) is 67.9 Å². The third kappa shape index (κ3) is 5.77. The second-order valence-electron chi connectivity index (χ2n) is 7.49. The van der Waals surface area contributed by atoms with Gasteiger partial charge in [0.1, 0.15) is 18.0 Å². The molecule has 1 atom stereocenters. The first-order chi connectivity index (χ1) is 10.9. The second kappa shape index (κ2) is 8.11. The summed E-state index contributed by atoms with van der Waals surface area (Å²) in [5.74, 6) is 0.195. The number of hydrogen-bond donors (Lipinski definition) is 1. The molecule has 1 unspecified atom stereocenters. The summed E-state index contributed by atoms with van der Waals surface area (Å²) >= 11 is 0. The monoisotopic (exact) mass is 326 g/mol. The summed E-state index contributed by atoms with van der Waals surface area (Å²) in [5.41, 5.74) is -0.475. The van der Waals surface area contributed by atoms with E-state index < -0.39 is 5.60 Å². The Hall–Kier alpha value is -1.14. The van der Waals surface area contributed by atoms with Crippen LogP contribution in [0, 0.1) is 5.92 Å². The largest absolute Gasteiger partial charge is 0.444 e. The number of nitrogens with one attached hydrogen (secondary N) is 1. The number of carbonyl (C=O) groups excluding carboxylic acids is 2. The average molecular weight is 326 g/mol. The van der Waals surface area contributed by atoms with Gasteiger partial charge < -0.3 is 24.5 Å². The molecule has 0 aliphatic carbocycles. The molecule has 0 aromatic heterocycles. The van der Waals surface area contributed by atoms with Gasteiger partial charge in [-0.25, -0.2) is 4.79 Å². The SMILES string of the molecule is CC(C)(C)OC(=O)N1CCC(C(C=O)OC2CCNCC2)CC1. The first-order valence-electron chi connectivity index (χ1n) is 8.68. The Morgan fingerprint density at radius 3 is 2.30 bits per heavy atom. The molecule has 2 rings (SSSR count). The molecule has 2 fully saturated rings. The van der Waals surface area contributed by atoms with Crippen LogP contribution in [0.1, 0.15) is 46.5 Å². The van der Waals surface area contributed by atoms with Crippen molar-refractivity contribution in [3.05, 3.63) is 0 Å². The Labute approximate surface area is 138 Å². The van der Waals surface area contributed by atoms with Crippen molar-refractivity contribution < 1.29 is 19.1 Å². The lowest BCUT2D eigenvalue weighted by molar-refractivity contribution is -0.129. The summed E-state index contributed by atoms with van der Waals surface area (Å²) in [6.45, 7) is 8.76. The van der Waals surface area contributed by atoms with Gasteiger partial charge >= 0.3 is 6.09 Å². The second-order valence-corrected chi connectivity index (χ2v) is 7.49. The first kappa shape index (κ1) is 18.2. The molecule has 6 nitrogen and oxygen atoms in total. The lowest BCUT2D eigenvalue weighted by Crippen LogP contribution is -2.45. The summed E-state index contributed by atoms with van der Waals surface area (Å²) in [4.78, 5) is 25.2. The average Bonchev–Trinajstić information content (AvgIpc) is 2.52. The van der Waals surface area contributed by atoms with E-state index >= 15 is 0 Å². The molecule has 6 heteroatoms. The maximum absolute atomic E-state index is 12.1. The zero-order valence-corrected chi connectivity index (χ0v) is 14.5. The fourth-order valence-electron chi connectivity index (χ4n) is 3.15. The molecule has 2 aliphatic rings. The molecule has 132 valence electrons. The summed E-state index contributed by atoms with van der Waals surface area (Å²) < 4.78 is 11.4. The van der Waals surface area contributed by atoms with Crippen molar-refractivity contribution in [3.8, 4) is 0 Å². The highest BCUT2D eigenvalue weighted by atomic mass is 16.6. The lowest BCUT2D eigenvalue weighted by Gasteiger charge is -2.36. The molecule has 0 aromatic carbocycles. The zero-order valence-electron chi connectivity index (χ0n) is 14.5. The molecule has 1 N–H and O–H groups in total. The summed E-state index contributed by atoms with van der Waals surface area (Å²) in [6, 6.07) is 0. The van der Waals surface area contributed by atoms with Crippen LogP contribution in [0.4, 0.5) is 4.79 Å². The van der Waals surface area contributed by atoms with Gasteiger partial charge in [0.25, 0.3) is 0 Å². The van der Waals surface area contributed by atoms with Gasteiger partial charge in [-0.15, -0.1) is 0 Å². The van der Waals surface area contributed by atoms with Crippen molar-refractivity contribution in [3.63, 3.8) is 0 Å². The van der Waals surface area contributed by atoms with Gasteiger partial charge in [-0.2, -0.15) is 0 Å². The van der Waals surface area contributed by atoms with Gasteiger partial charge in [0.15, 0.2) is 0 Å². The molecule has 2 aliphatic heterocycles. The van der Waals surface area contributed by atoms with Crippen molar-refractivity contribution in [1.29, 1.82) is 0 Å². The van der Waals surface area contributed by atoms with Gasteiger partial charge in [0.2, 0.25) is 0 Å². The lowest BCUT2D eigenvalue weighted by atomic mass is 9.91. The van der Waals surface area contributed by atoms with Crippen LogP contribution >= 0.6 is 0 Å². The molecule has 1 amide bonds. The van der Waals surface area contributed by atoms with Crippen LogP contribution in [-0.2, 0) is 14.3 Å². The van der Waals surface area contributed by atoms with Gasteiger partial charge in [0.05, 0.1) is 6.10 Å². The number of rotatable bonds is 4. The third-order valence-electron chi connectivity index (χ3n) is 4.43. The quantitative estimate of drug-likeness (QED) is 0.800. The van der Waals surface area contributed by atoms with Crippen molar-refractivity contribution in [2.45, 2.75) is 64.3 Å². The summed E-state index contributed by atoms with van der Waals surface area (Å²) in [7, 11) is 0. The highest BCUT2D eigenvalue weighted by Gasteiger charge is 2.32. The van der Waals surface area contributed by atoms with E-state index in [4.69, 9.17) is 9.47 Å². The minimum atomic E-state index is -0.475. The van der Waals surface area contributed by atoms with Crippen molar-refractivity contribution in [2.75, 3.05) is 26.2 Å². The van der Waals surface area contributed by atoms with Crippen molar-refractivity contribution in [2.24, 2.45) is 5.92 Å². The number of hydrogen-bond acceptors (Lipinski definition) is 5. The highest BCUT2D eigenvalue weighted by Crippen LogP contribution is 2.25. The maximum Gasteiger partial charge on any atom is 0.410 e. The standard InChI is InChI=1S/C17H30N2O4/c1-17(2,3)23-16(21)19-10-6-13(7-11-19)15(12-20)22-14-4-8-18-9-5-14/h12-15,18H,4-11H2,1-3H3. The Morgan fingerprint density at radius 1 is 1.17 bits per heavy atom. The fourth-order valence-corrected chi connectivity index (χ4v) is 3.15. The van der Waals surface area contributed by atoms with E-state index in [1.807, 2.05) is 20.8 Å². The number of likely N-dealkylation sites (tertiary alicyclic amines) is 1. The fraction of sp³-hybridized carbons (Fsp3) is 0.882. The molecule has 2 saturated heterocycles. The molecular weight excluding hydrogens is 296 g/mol. The summed E-state index contributed by atoms with van der Waals surface area (Å²) in [5, 5.41) is 3.30. The predicted octanol–water partition coefficient (Wildman–Crippen LogP) is 1.97. The van der Waals surface area contributed by atoms with E-state index in [1.165, 1.54) is 0 Å². The van der Waals surface area contributed by atoms with Crippen LogP contribution in [0.2, 0.25) is 0 Å². The molecule has 0 saturated carbocycles. The predicted molar refractivity (Wildman–Crippen MR) is 87.4 cm³/mol. The van der Waals surface area contributed by atoms with Crippen LogP contribution in [0.15, 0.2) is 0 Å². The number of nitrogens with zero attached hydrogens (tertiary/aromatic N) is 1. The van der Waals surface area contributed by atoms with Crippen LogP contribution < -0.4 is 5.32 Å². The molecule has 23 heavy (non-hydrogen) atoms. The van der Waals surface area contributed by atoms with Crippen LogP contribution in [0.3, 0.4) is 0 Å². The molecule has 0 bridgehead atoms. The smallest absolute Gasteiger partial charge is 0.410 e. The minimum absolute atomic E-state index is 0.176. The maximum atomic E-state index is 12.1. The Morgan fingerprint density at radius 2 is 1.78 bits per heavy atom. The Kier molecular flexibility index (Phi) is 6.41. The van der Waals surface area contributed by atoms with Gasteiger partial charge in [-0.1, -0.05) is 0 Å². The number of ether oxygens (including phenoxy) is 2. The van der Waals surface area contributed by atoms with Gasteiger partial charge in [-0.3, -0.25) is 0 Å². The van der Waals surface area contributed by atoms with Gasteiger partial charge in [0, 0.05) is 13.1 Å². The van der Waals surface area contributed by atoms with E-state index in [9.17, 15) is 9.59 Å². The van der Waals surface area contributed by atoms with E-state index in [0.29, 0.717) is 13.1 Å². The normalized spacial score (nSPS) is 22.7. The van der Waals surface area contributed by atoms with E-state index in [1.54, 1.807) is 4.90 Å². The number of carbonyl (C=O) groups is 2. The molecule has 2 heterocycles. The Balaban J connectivity index is 1.79. The minimum Gasteiger partial charge on any atom is -0.444 e. The zero-order chi connectivity index (χ0) is 16.9. The molecule has 0 radical (unpaired) electrons. The van der Waals surface area contributed by atoms with Crippen LogP contribution in [-0.4, -0.2) is 61.3 Å². The van der Waals surface area contributed by atoms with Gasteiger partial charge in [-0.05, 0) is 65.5 Å². The van der Waals surface area contributed by atoms with Crippen molar-refractivity contribution in [1.82, 2.24) is 10.2 Å². The molecular formula is C17H30N2O4.